The molecule has 0 aliphatic rings. The largest absolute Gasteiger partial charge is 0.449 e. The average Bonchev–Trinajstić information content (AvgIpc) is 2.74. The quantitative estimate of drug-likeness (QED) is 0.242. The lowest BCUT2D eigenvalue weighted by molar-refractivity contribution is 0.0683. The van der Waals surface area contributed by atoms with Crippen LogP contribution in [0.2, 0.25) is 0 Å². The number of ether oxygens (including phenoxy) is 4. The number of hydrogen-bond donors (Lipinski definition) is 0. The first kappa shape index (κ1) is 27.3. The molecule has 30 heavy (non-hydrogen) atoms. The smallest absolute Gasteiger partial charge is 0.419 e. The van der Waals surface area contributed by atoms with Gasteiger partial charge >= 0.3 is 12.2 Å². The first-order valence-electron chi connectivity index (χ1n) is 10.7. The molecule has 0 heterocycles. The van der Waals surface area contributed by atoms with Crippen LogP contribution in [0.3, 0.4) is 0 Å². The highest BCUT2D eigenvalue weighted by Gasteiger charge is 2.27. The molecule has 0 radical (unpaired) electrons. The van der Waals surface area contributed by atoms with Crippen LogP contribution in [-0.4, -0.2) is 50.1 Å². The first-order valence-corrected chi connectivity index (χ1v) is 10.7. The van der Waals surface area contributed by atoms with Gasteiger partial charge in [-0.3, -0.25) is 0 Å². The molecule has 0 rings (SSSR count). The third kappa shape index (κ3) is 14.3. The number of carbonyl (C=O) groups excluding carboxylic acids is 2. The van der Waals surface area contributed by atoms with Crippen molar-refractivity contribution >= 4 is 12.2 Å². The van der Waals surface area contributed by atoms with Gasteiger partial charge in [0.25, 0.3) is 12.5 Å². The minimum Gasteiger partial charge on any atom is -0.449 e. The van der Waals surface area contributed by atoms with Crippen molar-refractivity contribution in [2.45, 2.75) is 71.6 Å². The van der Waals surface area contributed by atoms with Gasteiger partial charge in [-0.05, 0) is 50.9 Å². The van der Waals surface area contributed by atoms with Crippen LogP contribution in [0.5, 0.6) is 0 Å². The van der Waals surface area contributed by atoms with Crippen molar-refractivity contribution in [1.82, 2.24) is 4.90 Å². The van der Waals surface area contributed by atoms with Gasteiger partial charge < -0.3 is 18.9 Å². The fourth-order valence-electron chi connectivity index (χ4n) is 2.71. The third-order valence-corrected chi connectivity index (χ3v) is 4.43. The lowest BCUT2D eigenvalue weighted by Gasteiger charge is -2.25. The molecule has 2 amide bonds. The maximum Gasteiger partial charge on any atom is 0.419 e. The second-order valence-corrected chi connectivity index (χ2v) is 6.93. The fraction of sp³-hybridized carbons (Fsp3) is 0.810. The molecule has 1 atom stereocenters. The molecule has 0 saturated heterocycles. The van der Waals surface area contributed by atoms with E-state index in [9.17, 15) is 9.59 Å². The van der Waals surface area contributed by atoms with Gasteiger partial charge in [0.05, 0.1) is 13.2 Å². The Labute approximate surface area is 179 Å². The number of amides is 2. The van der Waals surface area contributed by atoms with Crippen molar-refractivity contribution in [2.24, 2.45) is 5.92 Å². The fourth-order valence-corrected chi connectivity index (χ4v) is 2.71. The zero-order chi connectivity index (χ0) is 22.5. The number of nitriles is 2. The number of nitrogens with zero attached hydrogens (tertiary/aromatic N) is 3. The van der Waals surface area contributed by atoms with Gasteiger partial charge in [0.1, 0.15) is 13.2 Å². The maximum absolute atomic E-state index is 12.5. The summed E-state index contributed by atoms with van der Waals surface area (Å²) in [5, 5.41) is 16.9. The molecular formula is C21H35N3O6. The Balaban J connectivity index is 4.97. The van der Waals surface area contributed by atoms with E-state index < -0.39 is 12.2 Å². The highest BCUT2D eigenvalue weighted by Crippen LogP contribution is 2.18. The van der Waals surface area contributed by atoms with Crippen molar-refractivity contribution in [2.75, 3.05) is 33.0 Å². The van der Waals surface area contributed by atoms with E-state index in [1.807, 2.05) is 13.8 Å². The van der Waals surface area contributed by atoms with Crippen LogP contribution in [0.4, 0.5) is 9.59 Å². The number of carbonyl (C=O) groups is 2. The SMILES string of the molecule is CCCCOC(=O)N(CC(CCCCOC#N)CCCOC#N)C(=O)OCCCC. The molecule has 0 aliphatic carbocycles. The highest BCUT2D eigenvalue weighted by atomic mass is 16.6. The normalized spacial score (nSPS) is 10.9. The average molecular weight is 426 g/mol. The lowest BCUT2D eigenvalue weighted by Crippen LogP contribution is -2.41. The lowest BCUT2D eigenvalue weighted by atomic mass is 9.96. The van der Waals surface area contributed by atoms with Crippen LogP contribution in [0.25, 0.3) is 0 Å². The van der Waals surface area contributed by atoms with E-state index in [1.54, 1.807) is 12.5 Å². The Morgan fingerprint density at radius 2 is 1.27 bits per heavy atom. The summed E-state index contributed by atoms with van der Waals surface area (Å²) in [6.45, 7) is 5.26. The predicted octanol–water partition coefficient (Wildman–Crippen LogP) is 4.72. The van der Waals surface area contributed by atoms with Crippen molar-refractivity contribution in [3.05, 3.63) is 0 Å². The van der Waals surface area contributed by atoms with E-state index in [1.165, 1.54) is 0 Å². The standard InChI is InChI=1S/C21H35N3O6/c1-3-5-14-29-20(25)24(21(26)30-15-6-4-2)16-19(11-9-13-28-18-23)10-7-8-12-27-17-22/h19H,3-16H2,1-2H3. The summed E-state index contributed by atoms with van der Waals surface area (Å²) in [4.78, 5) is 26.0. The van der Waals surface area contributed by atoms with E-state index >= 15 is 0 Å². The molecule has 0 aromatic heterocycles. The summed E-state index contributed by atoms with van der Waals surface area (Å²) in [6.07, 6.45) is 8.55. The van der Waals surface area contributed by atoms with E-state index in [-0.39, 0.29) is 32.3 Å². The number of unbranched alkanes of at least 4 members (excludes halogenated alkanes) is 3. The van der Waals surface area contributed by atoms with E-state index in [0.717, 1.165) is 43.4 Å². The van der Waals surface area contributed by atoms with E-state index in [0.29, 0.717) is 25.9 Å². The molecule has 0 fully saturated rings. The molecule has 0 aromatic carbocycles. The van der Waals surface area contributed by atoms with Crippen molar-refractivity contribution in [1.29, 1.82) is 10.5 Å². The van der Waals surface area contributed by atoms with Crippen molar-refractivity contribution < 1.29 is 28.5 Å². The van der Waals surface area contributed by atoms with Crippen LogP contribution < -0.4 is 0 Å². The van der Waals surface area contributed by atoms with Crippen LogP contribution in [-0.2, 0) is 18.9 Å². The van der Waals surface area contributed by atoms with Crippen molar-refractivity contribution in [3.63, 3.8) is 0 Å². The van der Waals surface area contributed by atoms with Gasteiger partial charge in [0.2, 0.25) is 0 Å². The zero-order valence-corrected chi connectivity index (χ0v) is 18.3. The summed E-state index contributed by atoms with van der Waals surface area (Å²) in [6, 6.07) is 0. The Hall–Kier alpha value is -2.68. The number of hydrogen-bond acceptors (Lipinski definition) is 8. The van der Waals surface area contributed by atoms with Crippen molar-refractivity contribution in [3.8, 4) is 12.5 Å². The summed E-state index contributed by atoms with van der Waals surface area (Å²) in [5.74, 6) is -0.00757. The maximum atomic E-state index is 12.5. The third-order valence-electron chi connectivity index (χ3n) is 4.43. The minimum atomic E-state index is -0.698. The van der Waals surface area contributed by atoms with Gasteiger partial charge in [-0.15, -0.1) is 0 Å². The van der Waals surface area contributed by atoms with Gasteiger partial charge in [-0.2, -0.15) is 10.5 Å². The first-order chi connectivity index (χ1) is 14.6. The van der Waals surface area contributed by atoms with Crippen LogP contribution >= 0.6 is 0 Å². The van der Waals surface area contributed by atoms with Crippen LogP contribution in [0, 0.1) is 29.0 Å². The van der Waals surface area contributed by atoms with Gasteiger partial charge in [0, 0.05) is 6.54 Å². The molecule has 9 heteroatoms. The minimum absolute atomic E-state index is 0.00757. The molecule has 170 valence electrons. The Bertz CT molecular complexity index is 522. The molecule has 9 nitrogen and oxygen atoms in total. The van der Waals surface area contributed by atoms with Gasteiger partial charge in [-0.25, -0.2) is 14.5 Å². The Kier molecular flexibility index (Phi) is 17.9. The predicted molar refractivity (Wildman–Crippen MR) is 109 cm³/mol. The van der Waals surface area contributed by atoms with Crippen LogP contribution in [0.1, 0.15) is 71.6 Å². The van der Waals surface area contributed by atoms with E-state index in [2.05, 4.69) is 4.74 Å². The Morgan fingerprint density at radius 1 is 0.767 bits per heavy atom. The summed E-state index contributed by atoms with van der Waals surface area (Å²) in [7, 11) is 0. The number of imide groups is 1. The molecule has 0 spiro atoms. The molecule has 0 bridgehead atoms. The van der Waals surface area contributed by atoms with E-state index in [4.69, 9.17) is 24.7 Å². The topological polar surface area (TPSA) is 122 Å². The second kappa shape index (κ2) is 19.6. The van der Waals surface area contributed by atoms with Gasteiger partial charge in [-0.1, -0.05) is 26.7 Å². The van der Waals surface area contributed by atoms with Crippen LogP contribution in [0.15, 0.2) is 0 Å². The molecule has 0 aliphatic heterocycles. The zero-order valence-electron chi connectivity index (χ0n) is 18.3. The molecule has 0 N–H and O–H groups in total. The number of rotatable bonds is 17. The molecule has 0 saturated carbocycles. The molecule has 1 unspecified atom stereocenters. The van der Waals surface area contributed by atoms with Gasteiger partial charge in [0.15, 0.2) is 0 Å². The molecular weight excluding hydrogens is 390 g/mol. The summed E-state index contributed by atoms with van der Waals surface area (Å²) in [5.41, 5.74) is 0. The summed E-state index contributed by atoms with van der Waals surface area (Å²) < 4.78 is 19.9. The second-order valence-electron chi connectivity index (χ2n) is 6.93. The Morgan fingerprint density at radius 3 is 1.77 bits per heavy atom. The summed E-state index contributed by atoms with van der Waals surface area (Å²) >= 11 is 0. The monoisotopic (exact) mass is 425 g/mol. The highest BCUT2D eigenvalue weighted by molar-refractivity contribution is 5.87. The molecule has 0 aromatic rings.